The highest BCUT2D eigenvalue weighted by Crippen LogP contribution is 2.44. The van der Waals surface area contributed by atoms with Gasteiger partial charge in [-0.05, 0) is 25.7 Å². The Bertz CT molecular complexity index is 175. The molecular weight excluding hydrogens is 152 g/mol. The highest BCUT2D eigenvalue weighted by atomic mass is 16.6. The molecule has 2 heteroatoms. The minimum atomic E-state index is -0.124. The molecule has 1 saturated heterocycles. The predicted molar refractivity (Wildman–Crippen MR) is 46.9 cm³/mol. The number of ether oxygens (including phenoxy) is 1. The van der Waals surface area contributed by atoms with Crippen LogP contribution in [0.15, 0.2) is 0 Å². The molecule has 1 aliphatic carbocycles. The molecule has 0 aromatic heterocycles. The van der Waals surface area contributed by atoms with Gasteiger partial charge in [0.05, 0.1) is 18.3 Å². The fourth-order valence-corrected chi connectivity index (χ4v) is 2.39. The van der Waals surface area contributed by atoms with Crippen LogP contribution in [0.3, 0.4) is 0 Å². The van der Waals surface area contributed by atoms with E-state index in [0.29, 0.717) is 11.8 Å². The Morgan fingerprint density at radius 2 is 2.08 bits per heavy atom. The molecule has 1 N–H and O–H groups in total. The first-order valence-electron chi connectivity index (χ1n) is 4.94. The van der Waals surface area contributed by atoms with Crippen LogP contribution < -0.4 is 0 Å². The minimum Gasteiger partial charge on any atom is -0.393 e. The van der Waals surface area contributed by atoms with Crippen molar-refractivity contribution in [1.82, 2.24) is 0 Å². The van der Waals surface area contributed by atoms with Crippen molar-refractivity contribution in [2.45, 2.75) is 44.8 Å². The highest BCUT2D eigenvalue weighted by molar-refractivity contribution is 4.99. The van der Waals surface area contributed by atoms with Gasteiger partial charge in [-0.15, -0.1) is 0 Å². The molecule has 70 valence electrons. The van der Waals surface area contributed by atoms with Crippen molar-refractivity contribution in [3.63, 3.8) is 0 Å². The number of aliphatic hydroxyl groups excluding tert-OH is 1. The summed E-state index contributed by atoms with van der Waals surface area (Å²) in [6, 6.07) is 0. The average molecular weight is 170 g/mol. The molecule has 0 radical (unpaired) electrons. The Labute approximate surface area is 73.9 Å². The summed E-state index contributed by atoms with van der Waals surface area (Å²) in [6.07, 6.45) is 3.23. The number of aliphatic hydroxyl groups is 1. The van der Waals surface area contributed by atoms with Crippen LogP contribution in [-0.2, 0) is 4.74 Å². The molecule has 2 fully saturated rings. The maximum absolute atomic E-state index is 9.83. The van der Waals surface area contributed by atoms with E-state index in [0.717, 1.165) is 19.4 Å². The molecule has 1 saturated carbocycles. The van der Waals surface area contributed by atoms with Gasteiger partial charge in [0.2, 0.25) is 0 Å². The molecule has 12 heavy (non-hydrogen) atoms. The van der Waals surface area contributed by atoms with Crippen LogP contribution >= 0.6 is 0 Å². The van der Waals surface area contributed by atoms with Crippen LogP contribution in [0.1, 0.15) is 33.1 Å². The standard InChI is InChI=1S/C10H18O2/c1-7-3-4-8(9(11)5-7)10(2)6-12-10/h7-9,11H,3-6H2,1-2H3/t7-,8-,9-,10+/m0/s1. The van der Waals surface area contributed by atoms with Crippen LogP contribution in [0.5, 0.6) is 0 Å². The van der Waals surface area contributed by atoms with Gasteiger partial charge in [-0.1, -0.05) is 13.3 Å². The molecule has 0 amide bonds. The summed E-state index contributed by atoms with van der Waals surface area (Å²) in [5.74, 6) is 1.09. The Kier molecular flexibility index (Phi) is 1.92. The van der Waals surface area contributed by atoms with Gasteiger partial charge in [-0.25, -0.2) is 0 Å². The summed E-state index contributed by atoms with van der Waals surface area (Å²) in [6.45, 7) is 5.19. The first kappa shape index (κ1) is 8.52. The van der Waals surface area contributed by atoms with Crippen molar-refractivity contribution >= 4 is 0 Å². The third kappa shape index (κ3) is 1.38. The lowest BCUT2D eigenvalue weighted by Gasteiger charge is -2.33. The van der Waals surface area contributed by atoms with Gasteiger partial charge in [0.25, 0.3) is 0 Å². The lowest BCUT2D eigenvalue weighted by atomic mass is 9.75. The Hall–Kier alpha value is -0.0800. The summed E-state index contributed by atoms with van der Waals surface area (Å²) < 4.78 is 5.38. The van der Waals surface area contributed by atoms with Crippen molar-refractivity contribution in [1.29, 1.82) is 0 Å². The fraction of sp³-hybridized carbons (Fsp3) is 1.00. The smallest absolute Gasteiger partial charge is 0.0941 e. The molecule has 1 aliphatic heterocycles. The molecule has 2 nitrogen and oxygen atoms in total. The van der Waals surface area contributed by atoms with Gasteiger partial charge < -0.3 is 9.84 Å². The van der Waals surface area contributed by atoms with Crippen LogP contribution in [0.2, 0.25) is 0 Å². The summed E-state index contributed by atoms with van der Waals surface area (Å²) in [5.41, 5.74) is 0.0273. The van der Waals surface area contributed by atoms with Crippen molar-refractivity contribution in [3.05, 3.63) is 0 Å². The van der Waals surface area contributed by atoms with Gasteiger partial charge >= 0.3 is 0 Å². The average Bonchev–Trinajstić information content (AvgIpc) is 2.68. The van der Waals surface area contributed by atoms with E-state index in [4.69, 9.17) is 4.74 Å². The number of hydrogen-bond donors (Lipinski definition) is 1. The second-order valence-corrected chi connectivity index (χ2v) is 4.69. The van der Waals surface area contributed by atoms with E-state index < -0.39 is 0 Å². The van der Waals surface area contributed by atoms with E-state index in [2.05, 4.69) is 13.8 Å². The predicted octanol–water partition coefficient (Wildman–Crippen LogP) is 1.57. The minimum absolute atomic E-state index is 0.0273. The first-order chi connectivity index (χ1) is 5.62. The molecule has 0 spiro atoms. The fourth-order valence-electron chi connectivity index (χ4n) is 2.39. The Morgan fingerprint density at radius 1 is 1.42 bits per heavy atom. The summed E-state index contributed by atoms with van der Waals surface area (Å²) in [5, 5.41) is 9.83. The third-order valence-corrected chi connectivity index (χ3v) is 3.46. The van der Waals surface area contributed by atoms with Crippen LogP contribution in [-0.4, -0.2) is 23.4 Å². The summed E-state index contributed by atoms with van der Waals surface area (Å²) in [4.78, 5) is 0. The summed E-state index contributed by atoms with van der Waals surface area (Å²) >= 11 is 0. The van der Waals surface area contributed by atoms with Gasteiger partial charge in [-0.2, -0.15) is 0 Å². The van der Waals surface area contributed by atoms with E-state index >= 15 is 0 Å². The van der Waals surface area contributed by atoms with Crippen molar-refractivity contribution in [2.75, 3.05) is 6.61 Å². The maximum atomic E-state index is 9.83. The lowest BCUT2D eigenvalue weighted by molar-refractivity contribution is 0.0103. The normalized spacial score (nSPS) is 53.8. The van der Waals surface area contributed by atoms with Crippen molar-refractivity contribution < 1.29 is 9.84 Å². The monoisotopic (exact) mass is 170 g/mol. The van der Waals surface area contributed by atoms with Gasteiger partial charge in [0.15, 0.2) is 0 Å². The molecule has 0 aromatic rings. The Balaban J connectivity index is 1.98. The topological polar surface area (TPSA) is 32.8 Å². The zero-order valence-electron chi connectivity index (χ0n) is 7.92. The molecule has 0 unspecified atom stereocenters. The number of epoxide rings is 1. The summed E-state index contributed by atoms with van der Waals surface area (Å²) in [7, 11) is 0. The SMILES string of the molecule is C[C@H]1CC[C@H]([C@@]2(C)CO2)[C@@H](O)C1. The van der Waals surface area contributed by atoms with E-state index in [1.54, 1.807) is 0 Å². The molecule has 0 bridgehead atoms. The maximum Gasteiger partial charge on any atom is 0.0941 e. The van der Waals surface area contributed by atoms with Gasteiger partial charge in [0.1, 0.15) is 0 Å². The second-order valence-electron chi connectivity index (χ2n) is 4.69. The molecule has 0 aromatic carbocycles. The third-order valence-electron chi connectivity index (χ3n) is 3.46. The quantitative estimate of drug-likeness (QED) is 0.606. The lowest BCUT2D eigenvalue weighted by Crippen LogP contribution is -2.37. The highest BCUT2D eigenvalue weighted by Gasteiger charge is 2.50. The van der Waals surface area contributed by atoms with Crippen LogP contribution in [0.4, 0.5) is 0 Å². The zero-order valence-corrected chi connectivity index (χ0v) is 7.92. The van der Waals surface area contributed by atoms with E-state index in [9.17, 15) is 5.11 Å². The van der Waals surface area contributed by atoms with E-state index in [1.807, 2.05) is 0 Å². The largest absolute Gasteiger partial charge is 0.393 e. The number of rotatable bonds is 1. The molecular formula is C10H18O2. The number of hydrogen-bond acceptors (Lipinski definition) is 2. The van der Waals surface area contributed by atoms with Crippen molar-refractivity contribution in [2.24, 2.45) is 11.8 Å². The Morgan fingerprint density at radius 3 is 2.58 bits per heavy atom. The van der Waals surface area contributed by atoms with Gasteiger partial charge in [-0.3, -0.25) is 0 Å². The second kappa shape index (κ2) is 2.71. The molecule has 2 rings (SSSR count). The van der Waals surface area contributed by atoms with E-state index in [-0.39, 0.29) is 11.7 Å². The zero-order chi connectivity index (χ0) is 8.77. The van der Waals surface area contributed by atoms with Crippen molar-refractivity contribution in [3.8, 4) is 0 Å². The van der Waals surface area contributed by atoms with Gasteiger partial charge in [0, 0.05) is 5.92 Å². The van der Waals surface area contributed by atoms with E-state index in [1.165, 1.54) is 6.42 Å². The first-order valence-corrected chi connectivity index (χ1v) is 4.94. The molecule has 2 aliphatic rings. The van der Waals surface area contributed by atoms with Crippen LogP contribution in [0.25, 0.3) is 0 Å². The molecule has 1 heterocycles. The molecule has 4 atom stereocenters. The van der Waals surface area contributed by atoms with Crippen LogP contribution in [0, 0.1) is 11.8 Å².